The first-order valence-corrected chi connectivity index (χ1v) is 8.29. The van der Waals surface area contributed by atoms with Crippen molar-refractivity contribution in [3.63, 3.8) is 0 Å². The highest BCUT2D eigenvalue weighted by atomic mass is 79.9. The van der Waals surface area contributed by atoms with Gasteiger partial charge in [-0.15, -0.1) is 0 Å². The van der Waals surface area contributed by atoms with Gasteiger partial charge in [0, 0.05) is 9.86 Å². The molecule has 0 unspecified atom stereocenters. The topological polar surface area (TPSA) is 68.5 Å². The van der Waals surface area contributed by atoms with Crippen LogP contribution in [0.4, 0.5) is 18.9 Å². The lowest BCUT2D eigenvalue weighted by Gasteiger charge is -2.13. The molecule has 0 aliphatic heterocycles. The van der Waals surface area contributed by atoms with Gasteiger partial charge in [0.05, 0.1) is 18.4 Å². The van der Waals surface area contributed by atoms with Crippen LogP contribution in [0.25, 0.3) is 11.0 Å². The highest BCUT2D eigenvalue weighted by Gasteiger charge is 2.33. The number of benzene rings is 2. The molecule has 0 fully saturated rings. The second-order valence-corrected chi connectivity index (χ2v) is 6.39. The third kappa shape index (κ3) is 3.82. The molecular formula is C18H11BrF3NO4. The van der Waals surface area contributed by atoms with Gasteiger partial charge in [-0.3, -0.25) is 4.79 Å². The lowest BCUT2D eigenvalue weighted by molar-refractivity contribution is -0.136. The van der Waals surface area contributed by atoms with Gasteiger partial charge in [0.15, 0.2) is 11.3 Å². The van der Waals surface area contributed by atoms with Crippen molar-refractivity contribution in [1.82, 2.24) is 0 Å². The molecule has 3 rings (SSSR count). The Morgan fingerprint density at radius 1 is 1.19 bits per heavy atom. The van der Waals surface area contributed by atoms with Crippen molar-refractivity contribution in [2.45, 2.75) is 6.18 Å². The number of rotatable bonds is 3. The van der Waals surface area contributed by atoms with E-state index in [1.54, 1.807) is 12.1 Å². The number of carbonyl (C=O) groups is 1. The fourth-order valence-corrected chi connectivity index (χ4v) is 2.96. The second-order valence-electron chi connectivity index (χ2n) is 5.47. The normalized spacial score (nSPS) is 11.4. The van der Waals surface area contributed by atoms with Crippen molar-refractivity contribution < 1.29 is 27.1 Å². The van der Waals surface area contributed by atoms with Crippen molar-refractivity contribution in [2.75, 3.05) is 12.4 Å². The summed E-state index contributed by atoms with van der Waals surface area (Å²) < 4.78 is 50.1. The van der Waals surface area contributed by atoms with Gasteiger partial charge in [-0.1, -0.05) is 28.1 Å². The summed E-state index contributed by atoms with van der Waals surface area (Å²) in [6.45, 7) is 0. The van der Waals surface area contributed by atoms with E-state index in [0.717, 1.165) is 12.1 Å². The van der Waals surface area contributed by atoms with Crippen LogP contribution in [0.1, 0.15) is 15.9 Å². The number of hydrogen-bond donors (Lipinski definition) is 1. The zero-order chi connectivity index (χ0) is 19.8. The summed E-state index contributed by atoms with van der Waals surface area (Å²) in [5, 5.41) is 2.49. The van der Waals surface area contributed by atoms with Crippen LogP contribution in [-0.2, 0) is 6.18 Å². The van der Waals surface area contributed by atoms with Gasteiger partial charge in [-0.25, -0.2) is 4.79 Å². The lowest BCUT2D eigenvalue weighted by atomic mass is 10.1. The van der Waals surface area contributed by atoms with E-state index in [1.807, 2.05) is 0 Å². The smallest absolute Gasteiger partial charge is 0.418 e. The van der Waals surface area contributed by atoms with Crippen LogP contribution in [0.2, 0.25) is 0 Å². The van der Waals surface area contributed by atoms with Crippen molar-refractivity contribution in [3.8, 4) is 5.75 Å². The maximum absolute atomic E-state index is 13.1. The van der Waals surface area contributed by atoms with E-state index in [9.17, 15) is 22.8 Å². The molecule has 5 nitrogen and oxygen atoms in total. The van der Waals surface area contributed by atoms with Crippen molar-refractivity contribution >= 4 is 38.5 Å². The number of ether oxygens (including phenoxy) is 1. The summed E-state index contributed by atoms with van der Waals surface area (Å²) in [6, 6.07) is 8.87. The number of nitrogens with one attached hydrogen (secondary N) is 1. The van der Waals surface area contributed by atoms with Gasteiger partial charge < -0.3 is 14.5 Å². The first-order valence-electron chi connectivity index (χ1n) is 7.49. The maximum Gasteiger partial charge on any atom is 0.418 e. The number of alkyl halides is 3. The molecule has 1 N–H and O–H groups in total. The standard InChI is InChI=1S/C18H11BrF3NO4/c1-26-14-8-10(19)6-9-7-11(17(25)27-15(9)14)16(24)23-13-5-3-2-4-12(13)18(20,21)22/h2-8H,1H3,(H,23,24). The third-order valence-corrected chi connectivity index (χ3v) is 4.17. The summed E-state index contributed by atoms with van der Waals surface area (Å²) in [6.07, 6.45) is -4.66. The molecule has 0 aliphatic rings. The number of anilines is 1. The molecule has 0 radical (unpaired) electrons. The molecule has 2 aromatic carbocycles. The highest BCUT2D eigenvalue weighted by Crippen LogP contribution is 2.35. The SMILES string of the molecule is COc1cc(Br)cc2cc(C(=O)Nc3ccccc3C(F)(F)F)c(=O)oc12. The molecule has 27 heavy (non-hydrogen) atoms. The fourth-order valence-electron chi connectivity index (χ4n) is 2.51. The molecule has 1 aromatic heterocycles. The van der Waals surface area contributed by atoms with Crippen molar-refractivity contribution in [2.24, 2.45) is 0 Å². The van der Waals surface area contributed by atoms with E-state index in [0.29, 0.717) is 9.86 Å². The van der Waals surface area contributed by atoms with Crippen LogP contribution in [-0.4, -0.2) is 13.0 Å². The first-order chi connectivity index (χ1) is 12.7. The predicted molar refractivity (Wildman–Crippen MR) is 96.1 cm³/mol. The van der Waals surface area contributed by atoms with E-state index in [4.69, 9.17) is 9.15 Å². The van der Waals surface area contributed by atoms with Gasteiger partial charge in [0.2, 0.25) is 0 Å². The van der Waals surface area contributed by atoms with E-state index in [2.05, 4.69) is 21.2 Å². The van der Waals surface area contributed by atoms with Gasteiger partial charge in [-0.2, -0.15) is 13.2 Å². The molecule has 0 saturated carbocycles. The number of carbonyl (C=O) groups excluding carboxylic acids is 1. The van der Waals surface area contributed by atoms with E-state index in [1.165, 1.54) is 25.3 Å². The third-order valence-electron chi connectivity index (χ3n) is 3.71. The van der Waals surface area contributed by atoms with Crippen LogP contribution in [0.5, 0.6) is 5.75 Å². The minimum atomic E-state index is -4.66. The number of hydrogen-bond acceptors (Lipinski definition) is 4. The van der Waals surface area contributed by atoms with Crippen molar-refractivity contribution in [1.29, 1.82) is 0 Å². The number of amides is 1. The Labute approximate surface area is 158 Å². The average molecular weight is 442 g/mol. The number of halogens is 4. The monoisotopic (exact) mass is 441 g/mol. The molecule has 140 valence electrons. The van der Waals surface area contributed by atoms with Gasteiger partial charge in [0.25, 0.3) is 5.91 Å². The minimum Gasteiger partial charge on any atom is -0.493 e. The molecule has 1 amide bonds. The molecule has 0 atom stereocenters. The Morgan fingerprint density at radius 3 is 2.56 bits per heavy atom. The number of methoxy groups -OCH3 is 1. The van der Waals surface area contributed by atoms with Gasteiger partial charge in [-0.05, 0) is 30.3 Å². The fraction of sp³-hybridized carbons (Fsp3) is 0.111. The molecule has 0 saturated heterocycles. The van der Waals surface area contributed by atoms with Crippen LogP contribution >= 0.6 is 15.9 Å². The predicted octanol–water partition coefficient (Wildman–Crippen LogP) is 4.84. The van der Waals surface area contributed by atoms with E-state index < -0.39 is 34.5 Å². The zero-order valence-electron chi connectivity index (χ0n) is 13.7. The zero-order valence-corrected chi connectivity index (χ0v) is 15.3. The summed E-state index contributed by atoms with van der Waals surface area (Å²) in [5.74, 6) is -0.743. The van der Waals surface area contributed by atoms with Crippen LogP contribution in [0.3, 0.4) is 0 Å². The summed E-state index contributed by atoms with van der Waals surface area (Å²) in [7, 11) is 1.38. The second kappa shape index (κ2) is 7.07. The Morgan fingerprint density at radius 2 is 1.89 bits per heavy atom. The molecule has 0 spiro atoms. The Hall–Kier alpha value is -2.81. The first kappa shape index (κ1) is 19.0. The van der Waals surface area contributed by atoms with E-state index in [-0.39, 0.29) is 11.3 Å². The Balaban J connectivity index is 2.05. The van der Waals surface area contributed by atoms with Gasteiger partial charge in [0.1, 0.15) is 5.56 Å². The molecule has 0 bridgehead atoms. The van der Waals surface area contributed by atoms with E-state index >= 15 is 0 Å². The summed E-state index contributed by atoms with van der Waals surface area (Å²) >= 11 is 3.26. The lowest BCUT2D eigenvalue weighted by Crippen LogP contribution is -2.22. The molecule has 9 heteroatoms. The Kier molecular flexibility index (Phi) is 4.97. The maximum atomic E-state index is 13.1. The van der Waals surface area contributed by atoms with Crippen LogP contribution in [0.15, 0.2) is 56.1 Å². The van der Waals surface area contributed by atoms with Crippen LogP contribution < -0.4 is 15.7 Å². The number of fused-ring (bicyclic) bond motifs is 1. The molecule has 3 aromatic rings. The molecule has 0 aliphatic carbocycles. The van der Waals surface area contributed by atoms with Gasteiger partial charge >= 0.3 is 11.8 Å². The summed E-state index contributed by atoms with van der Waals surface area (Å²) in [4.78, 5) is 24.6. The largest absolute Gasteiger partial charge is 0.493 e. The van der Waals surface area contributed by atoms with Crippen molar-refractivity contribution in [3.05, 3.63) is 68.5 Å². The highest BCUT2D eigenvalue weighted by molar-refractivity contribution is 9.10. The Bertz CT molecular complexity index is 1090. The minimum absolute atomic E-state index is 0.123. The average Bonchev–Trinajstić information content (AvgIpc) is 2.60. The quantitative estimate of drug-likeness (QED) is 0.590. The number of para-hydroxylation sites is 1. The molecule has 1 heterocycles. The molecular weight excluding hydrogens is 431 g/mol. The summed E-state index contributed by atoms with van der Waals surface area (Å²) in [5.41, 5.74) is -2.78. The van der Waals surface area contributed by atoms with Crippen LogP contribution in [0, 0.1) is 0 Å².